The second-order valence-electron chi connectivity index (χ2n) is 6.58. The Morgan fingerprint density at radius 2 is 1.85 bits per heavy atom. The number of aryl methyl sites for hydroxylation is 2. The van der Waals surface area contributed by atoms with E-state index in [0.29, 0.717) is 13.1 Å². The summed E-state index contributed by atoms with van der Waals surface area (Å²) in [6.07, 6.45) is 0. The summed E-state index contributed by atoms with van der Waals surface area (Å²) in [6.45, 7) is 6.70. The van der Waals surface area contributed by atoms with Gasteiger partial charge in [-0.3, -0.25) is 4.68 Å². The lowest BCUT2D eigenvalue weighted by Crippen LogP contribution is -2.29. The van der Waals surface area contributed by atoms with E-state index in [1.54, 1.807) is 19.1 Å². The fraction of sp³-hybridized carbons (Fsp3) is 0.238. The van der Waals surface area contributed by atoms with Gasteiger partial charge in [-0.05, 0) is 44.0 Å². The zero-order valence-electron chi connectivity index (χ0n) is 15.7. The van der Waals surface area contributed by atoms with Crippen molar-refractivity contribution in [1.29, 1.82) is 0 Å². The summed E-state index contributed by atoms with van der Waals surface area (Å²) in [4.78, 5) is 12.1. The number of carbonyl (C=O) groups is 1. The average Bonchev–Trinajstić information content (AvgIpc) is 2.90. The second kappa shape index (κ2) is 8.03. The number of urea groups is 1. The molecule has 0 unspecified atom stereocenters. The minimum absolute atomic E-state index is 0.159. The average molecular weight is 366 g/mol. The quantitative estimate of drug-likeness (QED) is 0.707. The predicted molar refractivity (Wildman–Crippen MR) is 104 cm³/mol. The van der Waals surface area contributed by atoms with Gasteiger partial charge in [0.25, 0.3) is 0 Å². The highest BCUT2D eigenvalue weighted by atomic mass is 19.1. The van der Waals surface area contributed by atoms with Gasteiger partial charge in [0.1, 0.15) is 5.82 Å². The first kappa shape index (κ1) is 18.6. The normalized spacial score (nSPS) is 10.7. The molecule has 2 aromatic carbocycles. The highest BCUT2D eigenvalue weighted by Crippen LogP contribution is 2.16. The largest absolute Gasteiger partial charge is 0.334 e. The van der Waals surface area contributed by atoms with Crippen LogP contribution in [0.3, 0.4) is 0 Å². The van der Waals surface area contributed by atoms with Crippen molar-refractivity contribution in [1.82, 2.24) is 15.1 Å². The van der Waals surface area contributed by atoms with Crippen LogP contribution >= 0.6 is 0 Å². The molecule has 5 nitrogen and oxygen atoms in total. The summed E-state index contributed by atoms with van der Waals surface area (Å²) in [5, 5.41) is 9.90. The number of hydrogen-bond acceptors (Lipinski definition) is 2. The third-order valence-corrected chi connectivity index (χ3v) is 4.51. The number of amides is 2. The van der Waals surface area contributed by atoms with Gasteiger partial charge < -0.3 is 10.6 Å². The molecule has 3 rings (SSSR count). The second-order valence-corrected chi connectivity index (χ2v) is 6.58. The SMILES string of the molecule is Cc1ccc(NC(=O)NCc2c(C)nn(Cc3ccccc3)c2C)c(F)c1. The molecule has 1 heterocycles. The summed E-state index contributed by atoms with van der Waals surface area (Å²) in [6, 6.07) is 14.3. The van der Waals surface area contributed by atoms with Crippen LogP contribution in [0.4, 0.5) is 14.9 Å². The Morgan fingerprint density at radius 1 is 1.11 bits per heavy atom. The molecule has 0 bridgehead atoms. The number of rotatable bonds is 5. The van der Waals surface area contributed by atoms with Crippen molar-refractivity contribution in [2.75, 3.05) is 5.32 Å². The van der Waals surface area contributed by atoms with E-state index in [1.165, 1.54) is 6.07 Å². The van der Waals surface area contributed by atoms with Crippen LogP contribution in [0.25, 0.3) is 0 Å². The maximum atomic E-state index is 13.9. The number of nitrogens with zero attached hydrogens (tertiary/aromatic N) is 2. The Balaban J connectivity index is 1.64. The maximum absolute atomic E-state index is 13.9. The Bertz CT molecular complexity index is 950. The molecule has 0 aliphatic carbocycles. The van der Waals surface area contributed by atoms with E-state index in [1.807, 2.05) is 36.7 Å². The first-order chi connectivity index (χ1) is 12.9. The monoisotopic (exact) mass is 366 g/mol. The summed E-state index contributed by atoms with van der Waals surface area (Å²) >= 11 is 0. The topological polar surface area (TPSA) is 59.0 Å². The van der Waals surface area contributed by atoms with Crippen LogP contribution in [0.2, 0.25) is 0 Å². The smallest absolute Gasteiger partial charge is 0.319 e. The van der Waals surface area contributed by atoms with E-state index >= 15 is 0 Å². The standard InChI is InChI=1S/C21H23FN4O/c1-14-9-10-20(19(22)11-14)24-21(27)23-12-18-15(2)25-26(16(18)3)13-17-7-5-4-6-8-17/h4-11H,12-13H2,1-3H3,(H2,23,24,27). The molecule has 6 heteroatoms. The molecule has 0 fully saturated rings. The van der Waals surface area contributed by atoms with Crippen LogP contribution in [0.15, 0.2) is 48.5 Å². The van der Waals surface area contributed by atoms with Crippen LogP contribution < -0.4 is 10.6 Å². The third-order valence-electron chi connectivity index (χ3n) is 4.51. The van der Waals surface area contributed by atoms with Crippen molar-refractivity contribution in [3.63, 3.8) is 0 Å². The van der Waals surface area contributed by atoms with E-state index < -0.39 is 11.8 Å². The molecular formula is C21H23FN4O. The summed E-state index contributed by atoms with van der Waals surface area (Å²) in [5.41, 5.74) is 4.95. The Morgan fingerprint density at radius 3 is 2.56 bits per heavy atom. The van der Waals surface area contributed by atoms with Gasteiger partial charge in [0.05, 0.1) is 17.9 Å². The minimum Gasteiger partial charge on any atom is -0.334 e. The molecule has 2 amide bonds. The van der Waals surface area contributed by atoms with Gasteiger partial charge in [-0.25, -0.2) is 9.18 Å². The Labute approximate surface area is 158 Å². The molecule has 0 spiro atoms. The first-order valence-corrected chi connectivity index (χ1v) is 8.82. The molecule has 0 aliphatic heterocycles. The lowest BCUT2D eigenvalue weighted by molar-refractivity contribution is 0.251. The molecule has 3 aromatic rings. The summed E-state index contributed by atoms with van der Waals surface area (Å²) < 4.78 is 15.8. The molecule has 140 valence electrons. The van der Waals surface area contributed by atoms with Crippen LogP contribution in [0.1, 0.15) is 28.1 Å². The number of nitrogens with one attached hydrogen (secondary N) is 2. The predicted octanol–water partition coefficient (Wildman–Crippen LogP) is 4.32. The minimum atomic E-state index is -0.452. The van der Waals surface area contributed by atoms with Gasteiger partial charge in [-0.2, -0.15) is 5.10 Å². The Hall–Kier alpha value is -3.15. The first-order valence-electron chi connectivity index (χ1n) is 8.82. The van der Waals surface area contributed by atoms with E-state index in [2.05, 4.69) is 27.9 Å². The number of aromatic nitrogens is 2. The zero-order valence-corrected chi connectivity index (χ0v) is 15.7. The van der Waals surface area contributed by atoms with E-state index in [4.69, 9.17) is 0 Å². The molecule has 0 radical (unpaired) electrons. The molecule has 0 saturated heterocycles. The number of anilines is 1. The summed E-state index contributed by atoms with van der Waals surface area (Å²) in [7, 11) is 0. The van der Waals surface area contributed by atoms with Crippen molar-refractivity contribution in [3.8, 4) is 0 Å². The van der Waals surface area contributed by atoms with Crippen LogP contribution in [-0.4, -0.2) is 15.8 Å². The fourth-order valence-electron chi connectivity index (χ4n) is 2.96. The van der Waals surface area contributed by atoms with Crippen LogP contribution in [0, 0.1) is 26.6 Å². The van der Waals surface area contributed by atoms with Crippen LogP contribution in [-0.2, 0) is 13.1 Å². The van der Waals surface area contributed by atoms with Crippen LogP contribution in [0.5, 0.6) is 0 Å². The van der Waals surface area contributed by atoms with Gasteiger partial charge in [-0.1, -0.05) is 36.4 Å². The Kier molecular flexibility index (Phi) is 5.54. The molecule has 0 aliphatic rings. The molecule has 2 N–H and O–H groups in total. The highest BCUT2D eigenvalue weighted by molar-refractivity contribution is 5.89. The number of benzene rings is 2. The lowest BCUT2D eigenvalue weighted by atomic mass is 10.2. The van der Waals surface area contributed by atoms with Crippen molar-refractivity contribution in [3.05, 3.63) is 82.4 Å². The fourth-order valence-corrected chi connectivity index (χ4v) is 2.96. The molecule has 0 saturated carbocycles. The van der Waals surface area contributed by atoms with Crippen molar-refractivity contribution >= 4 is 11.7 Å². The van der Waals surface area contributed by atoms with E-state index in [0.717, 1.165) is 28.1 Å². The molecule has 0 atom stereocenters. The number of halogens is 1. The molecule has 27 heavy (non-hydrogen) atoms. The van der Waals surface area contributed by atoms with Crippen molar-refractivity contribution < 1.29 is 9.18 Å². The zero-order chi connectivity index (χ0) is 19.4. The summed E-state index contributed by atoms with van der Waals surface area (Å²) in [5.74, 6) is -0.451. The van der Waals surface area contributed by atoms with Crippen molar-refractivity contribution in [2.45, 2.75) is 33.9 Å². The lowest BCUT2D eigenvalue weighted by Gasteiger charge is -2.10. The number of carbonyl (C=O) groups excluding carboxylic acids is 1. The van der Waals surface area contributed by atoms with Gasteiger partial charge in [-0.15, -0.1) is 0 Å². The van der Waals surface area contributed by atoms with E-state index in [-0.39, 0.29) is 5.69 Å². The maximum Gasteiger partial charge on any atom is 0.319 e. The van der Waals surface area contributed by atoms with E-state index in [9.17, 15) is 9.18 Å². The molecule has 1 aromatic heterocycles. The third kappa shape index (κ3) is 4.53. The van der Waals surface area contributed by atoms with Gasteiger partial charge in [0.15, 0.2) is 0 Å². The molecular weight excluding hydrogens is 343 g/mol. The van der Waals surface area contributed by atoms with Gasteiger partial charge >= 0.3 is 6.03 Å². The number of hydrogen-bond donors (Lipinski definition) is 2. The highest BCUT2D eigenvalue weighted by Gasteiger charge is 2.13. The van der Waals surface area contributed by atoms with Gasteiger partial charge in [0.2, 0.25) is 0 Å². The van der Waals surface area contributed by atoms with Gasteiger partial charge in [0, 0.05) is 17.8 Å². The van der Waals surface area contributed by atoms with Crippen molar-refractivity contribution in [2.24, 2.45) is 0 Å².